The molecule has 0 unspecified atom stereocenters. The summed E-state index contributed by atoms with van der Waals surface area (Å²) < 4.78 is 59.8. The van der Waals surface area contributed by atoms with Crippen LogP contribution in [-0.4, -0.2) is 299 Å². The number of carbonyl (C=O) groups excluding carboxylic acids is 9. The number of esters is 1. The monoisotopic (exact) mass is 1580 g/mol. The van der Waals surface area contributed by atoms with Crippen molar-refractivity contribution in [3.05, 3.63) is 45.9 Å². The van der Waals surface area contributed by atoms with Crippen LogP contribution in [0.3, 0.4) is 0 Å². The summed E-state index contributed by atoms with van der Waals surface area (Å²) in [4.78, 5) is 140. The molecule has 110 heavy (non-hydrogen) atoms. The van der Waals surface area contributed by atoms with Crippen molar-refractivity contribution in [2.45, 2.75) is 169 Å². The molecule has 0 aliphatic heterocycles. The van der Waals surface area contributed by atoms with Crippen molar-refractivity contribution in [1.29, 1.82) is 0 Å². The van der Waals surface area contributed by atoms with Gasteiger partial charge in [-0.2, -0.15) is 0 Å². The lowest BCUT2D eigenvalue weighted by Gasteiger charge is -2.39. The third-order valence-electron chi connectivity index (χ3n) is 17.9. The minimum absolute atomic E-state index is 0.0187. The molecule has 0 aliphatic carbocycles. The summed E-state index contributed by atoms with van der Waals surface area (Å²) in [5.41, 5.74) is 5.76. The molecule has 1 heterocycles. The molecule has 628 valence electrons. The van der Waals surface area contributed by atoms with E-state index in [1.54, 1.807) is 72.9 Å². The number of aromatic hydroxyl groups is 1. The van der Waals surface area contributed by atoms with Gasteiger partial charge in [-0.25, -0.2) is 4.98 Å². The molecule has 0 bridgehead atoms. The summed E-state index contributed by atoms with van der Waals surface area (Å²) >= 11 is 1.09. The standard InChI is InChI=1S/C75H129N11O23S/c1-15-52(6)66(72(95)86(13)61(50(2)3)46-62(109-55(9)87)71-82-60(49-110-71)69(93)81-57(44-53(7)73(96)97)45-56-19-21-58(88)22-20-56)84-74(98)75(10,11)85(12)25-24-78-63(89)47-79-67(91)54(8)80-70(94)65(51(4)5)83-68(92)59(76)18-16-17-23-77-64(90)48-108-43-42-107-41-40-106-39-38-105-37-36-104-35-34-103-33-32-102-31-30-101-29-28-100-27-26-99-14/h19-22,49-54,57,59,61-62,65-66,88H,15-18,23-48,76H2,1-14H3,(H,77,90)(H,78,89)(H,79,91)(H,80,94)(H,81,93)(H,83,92)(H,84,98)(H,96,97)/t52-,53-,54-,57+,59-,61+,62+,65-,66-/m0/s1. The zero-order valence-electron chi connectivity index (χ0n) is 67.2. The molecule has 1 aromatic carbocycles. The van der Waals surface area contributed by atoms with Crippen molar-refractivity contribution < 1.29 is 110 Å². The van der Waals surface area contributed by atoms with Crippen LogP contribution in [0.25, 0.3) is 0 Å². The van der Waals surface area contributed by atoms with Crippen LogP contribution in [0.2, 0.25) is 0 Å². The summed E-state index contributed by atoms with van der Waals surface area (Å²) in [6, 6.07) is 1.08. The smallest absolute Gasteiger partial charge is 0.306 e. The number of hydrogen-bond acceptors (Lipinski definition) is 26. The Bertz CT molecular complexity index is 2990. The third kappa shape index (κ3) is 41.9. The zero-order chi connectivity index (χ0) is 82.0. The number of aliphatic carboxylic acids is 1. The number of aromatic nitrogens is 1. The molecule has 34 nitrogen and oxygen atoms in total. The fourth-order valence-electron chi connectivity index (χ4n) is 10.6. The van der Waals surface area contributed by atoms with E-state index in [4.69, 9.17) is 57.8 Å². The predicted molar refractivity (Wildman–Crippen MR) is 410 cm³/mol. The van der Waals surface area contributed by atoms with E-state index < -0.39 is 120 Å². The summed E-state index contributed by atoms with van der Waals surface area (Å²) in [5, 5.41) is 40.4. The maximum atomic E-state index is 14.7. The number of thiazole rings is 1. The maximum absolute atomic E-state index is 14.7. The number of phenols is 1. The van der Waals surface area contributed by atoms with E-state index in [1.807, 2.05) is 27.7 Å². The molecule has 9 atom stereocenters. The summed E-state index contributed by atoms with van der Waals surface area (Å²) in [6.07, 6.45) is 1.28. The Morgan fingerprint density at radius 3 is 1.62 bits per heavy atom. The highest BCUT2D eigenvalue weighted by molar-refractivity contribution is 7.09. The molecule has 0 radical (unpaired) electrons. The van der Waals surface area contributed by atoms with Gasteiger partial charge >= 0.3 is 11.9 Å². The van der Waals surface area contributed by atoms with Gasteiger partial charge in [0.1, 0.15) is 41.2 Å². The van der Waals surface area contributed by atoms with Crippen molar-refractivity contribution in [3.8, 4) is 5.75 Å². The fraction of sp³-hybridized carbons (Fsp3) is 0.747. The van der Waals surface area contributed by atoms with E-state index in [-0.39, 0.29) is 87.8 Å². The molecule has 35 heteroatoms. The van der Waals surface area contributed by atoms with Crippen molar-refractivity contribution in [3.63, 3.8) is 0 Å². The Balaban J connectivity index is 1.72. The van der Waals surface area contributed by atoms with Gasteiger partial charge in [0.05, 0.1) is 143 Å². The molecule has 0 saturated carbocycles. The van der Waals surface area contributed by atoms with Gasteiger partial charge in [0.2, 0.25) is 41.4 Å². The lowest BCUT2D eigenvalue weighted by Crippen LogP contribution is -2.61. The molecule has 2 aromatic rings. The first-order chi connectivity index (χ1) is 52.3. The first-order valence-electron chi connectivity index (χ1n) is 37.9. The highest BCUT2D eigenvalue weighted by Crippen LogP contribution is 2.32. The van der Waals surface area contributed by atoms with E-state index in [9.17, 15) is 58.2 Å². The van der Waals surface area contributed by atoms with Gasteiger partial charge in [0.15, 0.2) is 6.10 Å². The maximum Gasteiger partial charge on any atom is 0.306 e. The molecule has 0 spiro atoms. The number of rotatable bonds is 64. The molecule has 1 aromatic heterocycles. The second-order valence-corrected chi connectivity index (χ2v) is 28.8. The third-order valence-corrected chi connectivity index (χ3v) is 18.9. The number of phenolic OH excluding ortho intramolecular Hbond substituents is 1. The number of nitrogens with one attached hydrogen (secondary N) is 7. The summed E-state index contributed by atoms with van der Waals surface area (Å²) in [7, 11) is 4.93. The van der Waals surface area contributed by atoms with E-state index in [2.05, 4.69) is 42.2 Å². The molecule has 0 aliphatic rings. The quantitative estimate of drug-likeness (QED) is 0.0335. The van der Waals surface area contributed by atoms with Crippen molar-refractivity contribution >= 4 is 70.5 Å². The number of carbonyl (C=O) groups is 10. The number of nitrogens with zero attached hydrogens (tertiary/aromatic N) is 3. The first kappa shape index (κ1) is 98.9. The van der Waals surface area contributed by atoms with Crippen LogP contribution in [0.1, 0.15) is 142 Å². The number of methoxy groups -OCH3 is 1. The predicted octanol–water partition coefficient (Wildman–Crippen LogP) is 2.31. The van der Waals surface area contributed by atoms with Crippen LogP contribution in [0.4, 0.5) is 0 Å². The molecular formula is C75H129N11O23S. The van der Waals surface area contributed by atoms with Gasteiger partial charge < -0.3 is 110 Å². The number of nitrogens with two attached hydrogens (primary N) is 1. The molecular weight excluding hydrogens is 1450 g/mol. The first-order valence-corrected chi connectivity index (χ1v) is 38.8. The Morgan fingerprint density at radius 1 is 0.609 bits per heavy atom. The number of ether oxygens (including phenoxy) is 11. The number of unbranched alkanes of at least 4 members (excludes halogenated alkanes) is 1. The van der Waals surface area contributed by atoms with Crippen LogP contribution in [0.5, 0.6) is 5.75 Å². The van der Waals surface area contributed by atoms with Gasteiger partial charge in [0.25, 0.3) is 5.91 Å². The number of amides is 8. The van der Waals surface area contributed by atoms with Crippen molar-refractivity contribution in [1.82, 2.24) is 52.0 Å². The van der Waals surface area contributed by atoms with Crippen LogP contribution in [0.15, 0.2) is 29.6 Å². The lowest BCUT2D eigenvalue weighted by molar-refractivity contribution is -0.149. The largest absolute Gasteiger partial charge is 0.508 e. The minimum atomic E-state index is -1.22. The van der Waals surface area contributed by atoms with E-state index in [0.29, 0.717) is 137 Å². The van der Waals surface area contributed by atoms with Crippen LogP contribution in [0, 0.1) is 23.7 Å². The fourth-order valence-corrected chi connectivity index (χ4v) is 11.5. The summed E-state index contributed by atoms with van der Waals surface area (Å²) in [6.45, 7) is 26.4. The number of benzene rings is 1. The zero-order valence-corrected chi connectivity index (χ0v) is 68.1. The normalized spacial score (nSPS) is 14.1. The van der Waals surface area contributed by atoms with Crippen LogP contribution < -0.4 is 43.0 Å². The lowest BCUT2D eigenvalue weighted by atomic mass is 9.92. The van der Waals surface area contributed by atoms with E-state index >= 15 is 0 Å². The Hall–Kier alpha value is -7.13. The number of carboxylic acids is 1. The Labute approximate surface area is 653 Å². The Morgan fingerprint density at radius 2 is 1.13 bits per heavy atom. The van der Waals surface area contributed by atoms with Gasteiger partial charge in [-0.1, -0.05) is 67.0 Å². The molecule has 2 rings (SSSR count). The van der Waals surface area contributed by atoms with Crippen LogP contribution >= 0.6 is 11.3 Å². The van der Waals surface area contributed by atoms with Gasteiger partial charge in [0, 0.05) is 64.6 Å². The molecule has 8 amide bonds. The van der Waals surface area contributed by atoms with E-state index in [1.165, 1.54) is 36.3 Å². The second-order valence-electron chi connectivity index (χ2n) is 27.9. The molecule has 11 N–H and O–H groups in total. The average Bonchev–Trinajstić information content (AvgIpc) is 1.16. The van der Waals surface area contributed by atoms with Crippen molar-refractivity contribution in [2.75, 3.05) is 173 Å². The number of carboxylic acid groups (broad SMARTS) is 1. The number of likely N-dealkylation sites (N-methyl/N-ethyl adjacent to an activating group) is 2. The minimum Gasteiger partial charge on any atom is -0.508 e. The van der Waals surface area contributed by atoms with E-state index in [0.717, 1.165) is 16.9 Å². The summed E-state index contributed by atoms with van der Waals surface area (Å²) in [5.74, 6) is -7.50. The Kier molecular flexibility index (Phi) is 51.3. The van der Waals surface area contributed by atoms with Crippen LogP contribution in [-0.2, 0) is 102 Å². The SMILES string of the molecule is CC[C@H](C)[C@H](NC(=O)C(C)(C)N(C)CCNC(=O)CNC(=O)[C@H](C)NC(=O)[C@@H](NC(=O)[C@@H](N)CCCCNC(=O)COCCOCCOCCOCCOCCOCCOCCOCCOCCOC)C(C)C)C(=O)N(C)[C@H](C[C@@H](OC(C)=O)c1nc(C(=O)N[C@@H](Cc2ccc(O)cc2)C[C@H](C)C(=O)O)cs1)C(C)C. The second kappa shape index (κ2) is 57.0. The topological polar surface area (TPSA) is 442 Å². The highest BCUT2D eigenvalue weighted by atomic mass is 32.1. The molecule has 0 fully saturated rings. The van der Waals surface area contributed by atoms with Gasteiger partial charge in [-0.3, -0.25) is 52.8 Å². The van der Waals surface area contributed by atoms with Gasteiger partial charge in [-0.15, -0.1) is 11.3 Å². The van der Waals surface area contributed by atoms with Gasteiger partial charge in [-0.05, 0) is 95.4 Å². The number of hydrogen-bond donors (Lipinski definition) is 10. The average molecular weight is 1580 g/mol. The van der Waals surface area contributed by atoms with Crippen molar-refractivity contribution in [2.24, 2.45) is 29.4 Å². The molecule has 0 saturated heterocycles. The highest BCUT2D eigenvalue weighted by Gasteiger charge is 2.40.